The Morgan fingerprint density at radius 2 is 0.850 bits per heavy atom. The molecule has 106 valence electrons. The molecule has 0 aromatic heterocycles. The van der Waals surface area contributed by atoms with Crippen molar-refractivity contribution in [1.82, 2.24) is 0 Å². The van der Waals surface area contributed by atoms with Gasteiger partial charge >= 0.3 is 0 Å². The standard InChI is InChI=1S/C14H8Br6/c1-6(13-9(17)2-7(15)3-10(13)18)14-11(19)4-8(16)5-12(14)20/h2-6H,1H3. The molecule has 0 atom stereocenters. The normalized spacial score (nSPS) is 11.2. The summed E-state index contributed by atoms with van der Waals surface area (Å²) in [6.07, 6.45) is 0. The third-order valence-electron chi connectivity index (χ3n) is 2.95. The quantitative estimate of drug-likeness (QED) is 0.305. The number of hydrogen-bond donors (Lipinski definition) is 0. The molecule has 0 amide bonds. The van der Waals surface area contributed by atoms with Gasteiger partial charge in [-0.15, -0.1) is 0 Å². The van der Waals surface area contributed by atoms with Crippen LogP contribution < -0.4 is 0 Å². The van der Waals surface area contributed by atoms with Crippen molar-refractivity contribution >= 4 is 95.6 Å². The van der Waals surface area contributed by atoms with Gasteiger partial charge in [-0.1, -0.05) is 103 Å². The maximum atomic E-state index is 3.66. The highest BCUT2D eigenvalue weighted by molar-refractivity contribution is 9.12. The third-order valence-corrected chi connectivity index (χ3v) is 6.49. The molecule has 2 rings (SSSR count). The van der Waals surface area contributed by atoms with Gasteiger partial charge in [0.1, 0.15) is 0 Å². The third kappa shape index (κ3) is 3.80. The van der Waals surface area contributed by atoms with Crippen LogP contribution in [0, 0.1) is 0 Å². The summed E-state index contributed by atoms with van der Waals surface area (Å²) in [4.78, 5) is 0. The molecule has 0 unspecified atom stereocenters. The molecule has 0 aliphatic rings. The Labute approximate surface area is 168 Å². The maximum Gasteiger partial charge on any atom is 0.0235 e. The fraction of sp³-hybridized carbons (Fsp3) is 0.143. The van der Waals surface area contributed by atoms with Crippen LogP contribution in [0.25, 0.3) is 0 Å². The molecule has 0 heterocycles. The molecule has 0 radical (unpaired) electrons. The van der Waals surface area contributed by atoms with Gasteiger partial charge in [-0.25, -0.2) is 0 Å². The molecule has 0 nitrogen and oxygen atoms in total. The second-order valence-electron chi connectivity index (χ2n) is 4.29. The molecular weight excluding hydrogens is 648 g/mol. The predicted octanol–water partition coefficient (Wildman–Crippen LogP) is 8.41. The molecular formula is C14H8Br6. The van der Waals surface area contributed by atoms with Crippen LogP contribution in [0.5, 0.6) is 0 Å². The minimum absolute atomic E-state index is 0.226. The molecule has 20 heavy (non-hydrogen) atoms. The topological polar surface area (TPSA) is 0 Å². The van der Waals surface area contributed by atoms with E-state index in [0.717, 1.165) is 26.8 Å². The largest absolute Gasteiger partial charge is 0.0541 e. The van der Waals surface area contributed by atoms with E-state index in [9.17, 15) is 0 Å². The lowest BCUT2D eigenvalue weighted by Gasteiger charge is -2.20. The fourth-order valence-electron chi connectivity index (χ4n) is 2.08. The minimum Gasteiger partial charge on any atom is -0.0541 e. The minimum atomic E-state index is 0.226. The van der Waals surface area contributed by atoms with Gasteiger partial charge < -0.3 is 0 Å². The first kappa shape index (κ1) is 17.7. The highest BCUT2D eigenvalue weighted by Gasteiger charge is 2.20. The smallest absolute Gasteiger partial charge is 0.0235 e. The molecule has 0 spiro atoms. The van der Waals surface area contributed by atoms with Gasteiger partial charge in [-0.3, -0.25) is 0 Å². The Kier molecular flexibility index (Phi) is 6.42. The van der Waals surface area contributed by atoms with Crippen molar-refractivity contribution in [2.75, 3.05) is 0 Å². The Morgan fingerprint density at radius 3 is 1.10 bits per heavy atom. The molecule has 6 heteroatoms. The van der Waals surface area contributed by atoms with Gasteiger partial charge in [0.2, 0.25) is 0 Å². The van der Waals surface area contributed by atoms with Crippen molar-refractivity contribution in [2.24, 2.45) is 0 Å². The SMILES string of the molecule is CC(c1c(Br)cc(Br)cc1Br)c1c(Br)cc(Br)cc1Br. The van der Waals surface area contributed by atoms with Gasteiger partial charge in [0, 0.05) is 32.8 Å². The zero-order valence-corrected chi connectivity index (χ0v) is 19.7. The average molecular weight is 656 g/mol. The van der Waals surface area contributed by atoms with Gasteiger partial charge in [0.25, 0.3) is 0 Å². The monoisotopic (exact) mass is 650 g/mol. The van der Waals surface area contributed by atoms with Crippen molar-refractivity contribution in [3.63, 3.8) is 0 Å². The second-order valence-corrected chi connectivity index (χ2v) is 9.54. The molecule has 0 aliphatic heterocycles. The van der Waals surface area contributed by atoms with E-state index in [4.69, 9.17) is 0 Å². The lowest BCUT2D eigenvalue weighted by molar-refractivity contribution is 0.895. The van der Waals surface area contributed by atoms with Gasteiger partial charge in [-0.05, 0) is 35.4 Å². The molecule has 0 N–H and O–H groups in total. The van der Waals surface area contributed by atoms with Crippen LogP contribution in [0.2, 0.25) is 0 Å². The van der Waals surface area contributed by atoms with E-state index in [2.05, 4.69) is 127 Å². The zero-order chi connectivity index (χ0) is 15.0. The Morgan fingerprint density at radius 1 is 0.600 bits per heavy atom. The molecule has 0 saturated carbocycles. The van der Waals surface area contributed by atoms with Crippen molar-refractivity contribution < 1.29 is 0 Å². The molecule has 0 saturated heterocycles. The second kappa shape index (κ2) is 7.26. The summed E-state index contributed by atoms with van der Waals surface area (Å²) < 4.78 is 6.39. The summed E-state index contributed by atoms with van der Waals surface area (Å²) in [7, 11) is 0. The van der Waals surface area contributed by atoms with Crippen LogP contribution in [0.15, 0.2) is 51.1 Å². The van der Waals surface area contributed by atoms with Crippen molar-refractivity contribution in [3.8, 4) is 0 Å². The summed E-state index contributed by atoms with van der Waals surface area (Å²) >= 11 is 21.7. The summed E-state index contributed by atoms with van der Waals surface area (Å²) in [5.41, 5.74) is 2.44. The van der Waals surface area contributed by atoms with Crippen molar-refractivity contribution in [1.29, 1.82) is 0 Å². The van der Waals surface area contributed by atoms with E-state index in [1.54, 1.807) is 0 Å². The van der Waals surface area contributed by atoms with E-state index < -0.39 is 0 Å². The van der Waals surface area contributed by atoms with Crippen molar-refractivity contribution in [2.45, 2.75) is 12.8 Å². The van der Waals surface area contributed by atoms with E-state index in [-0.39, 0.29) is 5.92 Å². The fourth-order valence-corrected chi connectivity index (χ4v) is 7.97. The number of halogens is 6. The molecule has 2 aromatic rings. The van der Waals surface area contributed by atoms with Gasteiger partial charge in [0.05, 0.1) is 0 Å². The van der Waals surface area contributed by atoms with Crippen molar-refractivity contribution in [3.05, 3.63) is 62.2 Å². The molecule has 0 fully saturated rings. The highest BCUT2D eigenvalue weighted by atomic mass is 79.9. The Balaban J connectivity index is 2.61. The van der Waals surface area contributed by atoms with E-state index in [1.165, 1.54) is 11.1 Å². The van der Waals surface area contributed by atoms with Crippen LogP contribution in [0.3, 0.4) is 0 Å². The highest BCUT2D eigenvalue weighted by Crippen LogP contribution is 2.43. The number of benzene rings is 2. The lowest BCUT2D eigenvalue weighted by Crippen LogP contribution is -2.01. The maximum absolute atomic E-state index is 3.66. The first-order chi connectivity index (χ1) is 9.31. The summed E-state index contributed by atoms with van der Waals surface area (Å²) in [6, 6.07) is 8.27. The first-order valence-corrected chi connectivity index (χ1v) is 10.4. The van der Waals surface area contributed by atoms with Crippen LogP contribution in [0.4, 0.5) is 0 Å². The summed E-state index contributed by atoms with van der Waals surface area (Å²) in [5, 5.41) is 0. The van der Waals surface area contributed by atoms with E-state index in [0.29, 0.717) is 0 Å². The first-order valence-electron chi connectivity index (χ1n) is 5.60. The predicted molar refractivity (Wildman–Crippen MR) is 107 cm³/mol. The Bertz CT molecular complexity index is 561. The van der Waals surface area contributed by atoms with Crippen LogP contribution in [-0.4, -0.2) is 0 Å². The van der Waals surface area contributed by atoms with Gasteiger partial charge in [0.15, 0.2) is 0 Å². The molecule has 0 aliphatic carbocycles. The number of rotatable bonds is 2. The zero-order valence-electron chi connectivity index (χ0n) is 10.2. The lowest BCUT2D eigenvalue weighted by atomic mass is 9.93. The average Bonchev–Trinajstić information content (AvgIpc) is 2.25. The van der Waals surface area contributed by atoms with E-state index >= 15 is 0 Å². The summed E-state index contributed by atoms with van der Waals surface area (Å²) in [5.74, 6) is 0.226. The van der Waals surface area contributed by atoms with E-state index in [1.807, 2.05) is 0 Å². The van der Waals surface area contributed by atoms with Crippen LogP contribution in [0.1, 0.15) is 24.0 Å². The van der Waals surface area contributed by atoms with Crippen LogP contribution >= 0.6 is 95.6 Å². The molecule has 2 aromatic carbocycles. The van der Waals surface area contributed by atoms with Crippen LogP contribution in [-0.2, 0) is 0 Å². The van der Waals surface area contributed by atoms with Gasteiger partial charge in [-0.2, -0.15) is 0 Å². The number of hydrogen-bond acceptors (Lipinski definition) is 0. The molecule has 0 bridgehead atoms. The Hall–Kier alpha value is 1.32. The summed E-state index contributed by atoms with van der Waals surface area (Å²) in [6.45, 7) is 2.19.